The number of benzene rings is 2. The number of alkyl halides is 3. The van der Waals surface area contributed by atoms with Crippen molar-refractivity contribution < 1.29 is 27.9 Å². The number of hydrogen-bond acceptors (Lipinski definition) is 4. The van der Waals surface area contributed by atoms with Gasteiger partial charge < -0.3 is 15.3 Å². The lowest BCUT2D eigenvalue weighted by Gasteiger charge is -2.14. The van der Waals surface area contributed by atoms with Gasteiger partial charge in [-0.3, -0.25) is 4.79 Å². The summed E-state index contributed by atoms with van der Waals surface area (Å²) in [5.74, 6) is -0.269. The van der Waals surface area contributed by atoms with Crippen molar-refractivity contribution in [2.24, 2.45) is 5.16 Å². The van der Waals surface area contributed by atoms with Gasteiger partial charge in [0.2, 0.25) is 5.91 Å². The average Bonchev–Trinajstić information content (AvgIpc) is 2.68. The van der Waals surface area contributed by atoms with Gasteiger partial charge in [0, 0.05) is 27.9 Å². The molecular formula is C21H19Cl2F3N2O3. The van der Waals surface area contributed by atoms with Gasteiger partial charge in [0.05, 0.1) is 18.6 Å². The second-order valence-corrected chi connectivity index (χ2v) is 7.14. The number of ether oxygens (including phenoxy) is 1. The molecule has 5 nitrogen and oxygen atoms in total. The first-order chi connectivity index (χ1) is 14.6. The van der Waals surface area contributed by atoms with Crippen LogP contribution in [-0.2, 0) is 9.53 Å². The minimum atomic E-state index is -4.77. The summed E-state index contributed by atoms with van der Waals surface area (Å²) in [5, 5.41) is 15.0. The molecule has 0 fully saturated rings. The summed E-state index contributed by atoms with van der Waals surface area (Å²) in [6.45, 7) is 2.59. The van der Waals surface area contributed by atoms with Gasteiger partial charge in [-0.15, -0.1) is 0 Å². The molecule has 2 aromatic rings. The summed E-state index contributed by atoms with van der Waals surface area (Å²) in [6.07, 6.45) is -3.91. The molecule has 0 aliphatic heterocycles. The van der Waals surface area contributed by atoms with E-state index in [-0.39, 0.29) is 45.8 Å². The lowest BCUT2D eigenvalue weighted by molar-refractivity contribution is -0.117. The topological polar surface area (TPSA) is 70.9 Å². The molecule has 0 aliphatic rings. The Balaban J connectivity index is 2.29. The van der Waals surface area contributed by atoms with Crippen molar-refractivity contribution in [2.45, 2.75) is 19.5 Å². The quantitative estimate of drug-likeness (QED) is 0.207. The molecule has 0 aromatic heterocycles. The number of carbonyl (C=O) groups is 1. The van der Waals surface area contributed by atoms with Crippen LogP contribution in [0.5, 0.6) is 0 Å². The first kappa shape index (κ1) is 24.7. The Morgan fingerprint density at radius 2 is 1.74 bits per heavy atom. The van der Waals surface area contributed by atoms with Gasteiger partial charge >= 0.3 is 6.18 Å². The molecule has 0 aliphatic carbocycles. The van der Waals surface area contributed by atoms with Gasteiger partial charge in [0.25, 0.3) is 0 Å². The molecule has 0 saturated heterocycles. The van der Waals surface area contributed by atoms with Crippen LogP contribution in [0.25, 0.3) is 5.57 Å². The summed E-state index contributed by atoms with van der Waals surface area (Å²) in [7, 11) is 0. The molecule has 10 heteroatoms. The Morgan fingerprint density at radius 3 is 2.26 bits per heavy atom. The number of allylic oxidation sites excluding steroid dienone is 2. The zero-order valence-electron chi connectivity index (χ0n) is 16.3. The van der Waals surface area contributed by atoms with Gasteiger partial charge in [-0.25, -0.2) is 0 Å². The van der Waals surface area contributed by atoms with E-state index in [0.717, 1.165) is 12.1 Å². The number of amides is 1. The Hall–Kier alpha value is -2.55. The van der Waals surface area contributed by atoms with Gasteiger partial charge in [-0.05, 0) is 48.9 Å². The molecule has 166 valence electrons. The van der Waals surface area contributed by atoms with Crippen LogP contribution in [0.1, 0.15) is 24.5 Å². The highest BCUT2D eigenvalue weighted by molar-refractivity contribution is 6.35. The summed E-state index contributed by atoms with van der Waals surface area (Å²) >= 11 is 11.7. The Bertz CT molecular complexity index is 955. The predicted molar refractivity (Wildman–Crippen MR) is 115 cm³/mol. The van der Waals surface area contributed by atoms with Crippen molar-refractivity contribution in [2.75, 3.05) is 18.5 Å². The van der Waals surface area contributed by atoms with Crippen molar-refractivity contribution in [3.05, 3.63) is 69.7 Å². The van der Waals surface area contributed by atoms with Crippen molar-refractivity contribution in [1.82, 2.24) is 0 Å². The molecule has 0 spiro atoms. The number of nitrogens with zero attached hydrogens (tertiary/aromatic N) is 1. The molecule has 2 rings (SSSR count). The summed E-state index contributed by atoms with van der Waals surface area (Å²) < 4.78 is 46.1. The van der Waals surface area contributed by atoms with Gasteiger partial charge in [0.1, 0.15) is 5.71 Å². The number of nitrogens with one attached hydrogen (secondary N) is 1. The Kier molecular flexibility index (Phi) is 8.91. The molecule has 0 radical (unpaired) electrons. The predicted octanol–water partition coefficient (Wildman–Crippen LogP) is 6.18. The number of halogens is 5. The number of anilines is 1. The summed E-state index contributed by atoms with van der Waals surface area (Å²) in [5.41, 5.74) is -1.06. The first-order valence-electron chi connectivity index (χ1n) is 9.09. The SMILES string of the molecule is CCOCCC(=O)Nc1ccc(C(/C=C(/c2cc(Cl)cc(Cl)c2)C(F)(F)F)=N\O)cc1. The molecule has 31 heavy (non-hydrogen) atoms. The van der Waals surface area contributed by atoms with E-state index in [0.29, 0.717) is 18.4 Å². The molecule has 0 saturated carbocycles. The molecule has 0 heterocycles. The lowest BCUT2D eigenvalue weighted by Crippen LogP contribution is -2.14. The smallest absolute Gasteiger partial charge is 0.410 e. The van der Waals surface area contributed by atoms with E-state index in [1.807, 2.05) is 6.92 Å². The third-order valence-corrected chi connectivity index (χ3v) is 4.45. The molecule has 0 unspecified atom stereocenters. The van der Waals surface area contributed by atoms with Gasteiger partial charge in [-0.2, -0.15) is 13.2 Å². The van der Waals surface area contributed by atoms with Crippen LogP contribution in [0.15, 0.2) is 53.7 Å². The third-order valence-electron chi connectivity index (χ3n) is 4.01. The number of oxime groups is 1. The lowest BCUT2D eigenvalue weighted by atomic mass is 10.0. The highest BCUT2D eigenvalue weighted by atomic mass is 35.5. The van der Waals surface area contributed by atoms with E-state index in [1.165, 1.54) is 30.3 Å². The normalized spacial score (nSPS) is 12.7. The fourth-order valence-electron chi connectivity index (χ4n) is 2.60. The highest BCUT2D eigenvalue weighted by Gasteiger charge is 2.35. The van der Waals surface area contributed by atoms with Crippen LogP contribution in [0, 0.1) is 0 Å². The zero-order chi connectivity index (χ0) is 23.0. The van der Waals surface area contributed by atoms with Gasteiger partial charge in [0.15, 0.2) is 0 Å². The van der Waals surface area contributed by atoms with Crippen LogP contribution in [0.3, 0.4) is 0 Å². The fraction of sp³-hybridized carbons (Fsp3) is 0.238. The maximum absolute atomic E-state index is 13.7. The van der Waals surface area contributed by atoms with Crippen LogP contribution in [0.2, 0.25) is 10.0 Å². The van der Waals surface area contributed by atoms with E-state index in [9.17, 15) is 23.2 Å². The van der Waals surface area contributed by atoms with Crippen LogP contribution in [-0.4, -0.2) is 36.2 Å². The molecule has 0 bridgehead atoms. The molecule has 2 N–H and O–H groups in total. The van der Waals surface area contributed by atoms with Crippen LogP contribution in [0.4, 0.5) is 18.9 Å². The average molecular weight is 475 g/mol. The first-order valence-corrected chi connectivity index (χ1v) is 9.85. The summed E-state index contributed by atoms with van der Waals surface area (Å²) in [6, 6.07) is 9.34. The second kappa shape index (κ2) is 11.2. The minimum Gasteiger partial charge on any atom is -0.410 e. The molecule has 1 amide bonds. The summed E-state index contributed by atoms with van der Waals surface area (Å²) in [4.78, 5) is 11.8. The maximum Gasteiger partial charge on any atom is 0.417 e. The third kappa shape index (κ3) is 7.57. The standard InChI is InChI=1S/C21H19Cl2F3N2O3/c1-2-31-8-7-20(29)27-17-5-3-13(4-6-17)19(28-30)12-18(21(24,25)26)14-9-15(22)11-16(23)10-14/h3-6,9-12,30H,2,7-8H2,1H3,(H,27,29)/b18-12-,28-19-. The van der Waals surface area contributed by atoms with E-state index in [4.69, 9.17) is 27.9 Å². The Morgan fingerprint density at radius 1 is 1.13 bits per heavy atom. The highest BCUT2D eigenvalue weighted by Crippen LogP contribution is 2.36. The van der Waals surface area contributed by atoms with Crippen molar-refractivity contribution in [1.29, 1.82) is 0 Å². The van der Waals surface area contributed by atoms with Crippen LogP contribution >= 0.6 is 23.2 Å². The van der Waals surface area contributed by atoms with Gasteiger partial charge in [-0.1, -0.05) is 40.5 Å². The zero-order valence-corrected chi connectivity index (χ0v) is 17.9. The monoisotopic (exact) mass is 474 g/mol. The maximum atomic E-state index is 13.7. The molecule has 0 atom stereocenters. The van der Waals surface area contributed by atoms with E-state index in [2.05, 4.69) is 10.5 Å². The van der Waals surface area contributed by atoms with E-state index >= 15 is 0 Å². The van der Waals surface area contributed by atoms with Crippen molar-refractivity contribution in [3.8, 4) is 0 Å². The van der Waals surface area contributed by atoms with E-state index < -0.39 is 11.7 Å². The number of carbonyl (C=O) groups excluding carboxylic acids is 1. The fourth-order valence-corrected chi connectivity index (χ4v) is 3.13. The van der Waals surface area contributed by atoms with Crippen LogP contribution < -0.4 is 5.32 Å². The largest absolute Gasteiger partial charge is 0.417 e. The van der Waals surface area contributed by atoms with Crippen molar-refractivity contribution >= 4 is 46.1 Å². The number of hydrogen-bond donors (Lipinski definition) is 2. The van der Waals surface area contributed by atoms with Crippen molar-refractivity contribution in [3.63, 3.8) is 0 Å². The Labute approximate surface area is 187 Å². The molecular weight excluding hydrogens is 456 g/mol. The van der Waals surface area contributed by atoms with E-state index in [1.54, 1.807) is 0 Å². The minimum absolute atomic E-state index is 0.0320. The number of rotatable bonds is 8. The second-order valence-electron chi connectivity index (χ2n) is 6.27. The molecule has 2 aromatic carbocycles.